The number of hydrogen-bond acceptors (Lipinski definition) is 4. The van der Waals surface area contributed by atoms with E-state index in [2.05, 4.69) is 9.98 Å². The highest BCUT2D eigenvalue weighted by atomic mass is 35.5. The van der Waals surface area contributed by atoms with Crippen LogP contribution in [0.2, 0.25) is 5.02 Å². The number of halogens is 1. The number of nitrogens with zero attached hydrogens (tertiary/aromatic N) is 2. The Balaban J connectivity index is 1.95. The summed E-state index contributed by atoms with van der Waals surface area (Å²) < 4.78 is 0. The fraction of sp³-hybridized carbons (Fsp3) is 0. The second-order valence-electron chi connectivity index (χ2n) is 4.61. The first kappa shape index (κ1) is 14.2. The molecule has 0 amide bonds. The van der Waals surface area contributed by atoms with E-state index in [-0.39, 0.29) is 17.2 Å². The Morgan fingerprint density at radius 1 is 1.14 bits per heavy atom. The van der Waals surface area contributed by atoms with Gasteiger partial charge < -0.3 is 5.11 Å². The Morgan fingerprint density at radius 3 is 2.77 bits per heavy atom. The van der Waals surface area contributed by atoms with Crippen LogP contribution in [0.15, 0.2) is 59.7 Å². The molecule has 3 rings (SSSR count). The molecule has 2 aromatic carbocycles. The van der Waals surface area contributed by atoms with E-state index < -0.39 is 0 Å². The number of aromatic hydroxyl groups is 1. The molecule has 0 spiro atoms. The highest BCUT2D eigenvalue weighted by Crippen LogP contribution is 2.32. The number of pyridine rings is 1. The lowest BCUT2D eigenvalue weighted by molar-refractivity contribution is 0.107. The summed E-state index contributed by atoms with van der Waals surface area (Å²) in [6, 6.07) is 13.8. The van der Waals surface area contributed by atoms with Gasteiger partial charge >= 0.3 is 0 Å². The van der Waals surface area contributed by atoms with Crippen molar-refractivity contribution >= 4 is 40.2 Å². The van der Waals surface area contributed by atoms with Crippen molar-refractivity contribution in [3.05, 3.63) is 65.3 Å². The van der Waals surface area contributed by atoms with Gasteiger partial charge in [0.1, 0.15) is 11.2 Å². The molecule has 1 heterocycles. The van der Waals surface area contributed by atoms with Crippen molar-refractivity contribution in [2.24, 2.45) is 4.99 Å². The Kier molecular flexibility index (Phi) is 3.85. The molecule has 0 saturated carbocycles. The molecule has 0 radical (unpaired) electrons. The molecule has 0 bridgehead atoms. The first-order valence-electron chi connectivity index (χ1n) is 6.56. The summed E-state index contributed by atoms with van der Waals surface area (Å²) in [5.74, 6) is -0.382. The molecule has 3 aromatic rings. The molecule has 4 nitrogen and oxygen atoms in total. The molecule has 5 heteroatoms. The van der Waals surface area contributed by atoms with Gasteiger partial charge in [-0.3, -0.25) is 9.78 Å². The summed E-state index contributed by atoms with van der Waals surface area (Å²) in [6.07, 6.45) is 2.73. The summed E-state index contributed by atoms with van der Waals surface area (Å²) in [4.78, 5) is 20.2. The lowest BCUT2D eigenvalue weighted by Crippen LogP contribution is -2.00. The molecular weight excluding hydrogens is 300 g/mol. The van der Waals surface area contributed by atoms with Crippen molar-refractivity contribution in [3.8, 4) is 5.75 Å². The molecule has 1 N–H and O–H groups in total. The van der Waals surface area contributed by atoms with E-state index in [1.54, 1.807) is 48.7 Å². The second-order valence-corrected chi connectivity index (χ2v) is 5.02. The fourth-order valence-corrected chi connectivity index (χ4v) is 2.31. The molecule has 108 valence electrons. The van der Waals surface area contributed by atoms with Crippen molar-refractivity contribution in [2.45, 2.75) is 0 Å². The van der Waals surface area contributed by atoms with Gasteiger partial charge in [-0.05, 0) is 24.3 Å². The van der Waals surface area contributed by atoms with Crippen molar-refractivity contribution in [1.82, 2.24) is 4.98 Å². The zero-order valence-corrected chi connectivity index (χ0v) is 12.2. The van der Waals surface area contributed by atoms with Crippen LogP contribution in [-0.4, -0.2) is 22.1 Å². The van der Waals surface area contributed by atoms with Crippen LogP contribution < -0.4 is 0 Å². The van der Waals surface area contributed by atoms with Crippen LogP contribution >= 0.6 is 11.6 Å². The van der Waals surface area contributed by atoms with Gasteiger partial charge in [0.05, 0.1) is 11.2 Å². The zero-order valence-electron chi connectivity index (χ0n) is 11.4. The molecule has 0 fully saturated rings. The standard InChI is InChI=1S/C17H11ClN2O2/c18-13-6-2-1-5-12(13)15(21)10-20-14-8-7-11-4-3-9-19-16(11)17(14)22/h1-10,22H. The molecule has 0 atom stereocenters. The van der Waals surface area contributed by atoms with Crippen LogP contribution in [0, 0.1) is 0 Å². The van der Waals surface area contributed by atoms with E-state index in [9.17, 15) is 9.90 Å². The number of aromatic nitrogens is 1. The summed E-state index contributed by atoms with van der Waals surface area (Å²) >= 11 is 5.97. The number of carbonyl (C=O) groups is 1. The summed E-state index contributed by atoms with van der Waals surface area (Å²) in [5.41, 5.74) is 1.10. The maximum Gasteiger partial charge on any atom is 0.205 e. The molecule has 0 aliphatic carbocycles. The Labute approximate surface area is 131 Å². The molecule has 22 heavy (non-hydrogen) atoms. The molecule has 1 aromatic heterocycles. The van der Waals surface area contributed by atoms with E-state index in [1.807, 2.05) is 6.07 Å². The molecule has 0 aliphatic heterocycles. The molecule has 0 unspecified atom stereocenters. The lowest BCUT2D eigenvalue weighted by Gasteiger charge is -2.03. The Hall–Kier alpha value is -2.72. The Morgan fingerprint density at radius 2 is 1.95 bits per heavy atom. The van der Waals surface area contributed by atoms with Crippen LogP contribution in [0.25, 0.3) is 10.9 Å². The van der Waals surface area contributed by atoms with Gasteiger partial charge in [0.2, 0.25) is 5.78 Å². The number of Topliss-reactive ketones (excluding diaryl/α,β-unsaturated/α-hetero) is 1. The number of ketones is 1. The van der Waals surface area contributed by atoms with Crippen molar-refractivity contribution < 1.29 is 9.90 Å². The Bertz CT molecular complexity index is 891. The van der Waals surface area contributed by atoms with Gasteiger partial charge in [-0.2, -0.15) is 0 Å². The van der Waals surface area contributed by atoms with E-state index in [0.29, 0.717) is 16.1 Å². The first-order chi connectivity index (χ1) is 10.7. The van der Waals surface area contributed by atoms with Gasteiger partial charge in [-0.15, -0.1) is 0 Å². The molecule has 0 saturated heterocycles. The highest BCUT2D eigenvalue weighted by Gasteiger charge is 2.09. The van der Waals surface area contributed by atoms with E-state index in [1.165, 1.54) is 0 Å². The monoisotopic (exact) mass is 310 g/mol. The van der Waals surface area contributed by atoms with Crippen LogP contribution in [0.5, 0.6) is 5.75 Å². The molecule has 0 aliphatic rings. The van der Waals surface area contributed by atoms with Crippen molar-refractivity contribution in [3.63, 3.8) is 0 Å². The minimum Gasteiger partial charge on any atom is -0.504 e. The zero-order chi connectivity index (χ0) is 15.5. The van der Waals surface area contributed by atoms with Gasteiger partial charge in [0, 0.05) is 17.1 Å². The minimum atomic E-state index is -0.328. The van der Waals surface area contributed by atoms with E-state index in [0.717, 1.165) is 11.6 Å². The number of carbonyl (C=O) groups excluding carboxylic acids is 1. The quantitative estimate of drug-likeness (QED) is 0.583. The third-order valence-electron chi connectivity index (χ3n) is 3.19. The SMILES string of the molecule is O=C(C=Nc1ccc2cccnc2c1O)c1ccccc1Cl. The smallest absolute Gasteiger partial charge is 0.205 e. The fourth-order valence-electron chi connectivity index (χ4n) is 2.08. The number of phenols is 1. The van der Waals surface area contributed by atoms with Crippen LogP contribution in [0.3, 0.4) is 0 Å². The third kappa shape index (κ3) is 2.69. The van der Waals surface area contributed by atoms with Crippen LogP contribution in [0.1, 0.15) is 10.4 Å². The van der Waals surface area contributed by atoms with Gasteiger partial charge in [0.15, 0.2) is 5.75 Å². The topological polar surface area (TPSA) is 62.5 Å². The van der Waals surface area contributed by atoms with Crippen LogP contribution in [-0.2, 0) is 0 Å². The summed E-state index contributed by atoms with van der Waals surface area (Å²) in [7, 11) is 0. The highest BCUT2D eigenvalue weighted by molar-refractivity contribution is 6.42. The normalized spacial score (nSPS) is 11.1. The lowest BCUT2D eigenvalue weighted by atomic mass is 10.1. The van der Waals surface area contributed by atoms with Gasteiger partial charge in [-0.1, -0.05) is 35.9 Å². The minimum absolute atomic E-state index is 0.0543. The van der Waals surface area contributed by atoms with E-state index >= 15 is 0 Å². The second kappa shape index (κ2) is 5.95. The number of rotatable bonds is 3. The maximum absolute atomic E-state index is 12.1. The largest absolute Gasteiger partial charge is 0.504 e. The number of benzene rings is 2. The number of hydrogen-bond donors (Lipinski definition) is 1. The third-order valence-corrected chi connectivity index (χ3v) is 3.52. The number of aliphatic imine (C=N–C) groups is 1. The summed E-state index contributed by atoms with van der Waals surface area (Å²) in [6.45, 7) is 0. The van der Waals surface area contributed by atoms with E-state index in [4.69, 9.17) is 11.6 Å². The first-order valence-corrected chi connectivity index (χ1v) is 6.94. The maximum atomic E-state index is 12.1. The average Bonchev–Trinajstić information content (AvgIpc) is 2.55. The molecular formula is C17H11ClN2O2. The van der Waals surface area contributed by atoms with Crippen molar-refractivity contribution in [2.75, 3.05) is 0 Å². The van der Waals surface area contributed by atoms with Gasteiger partial charge in [0.25, 0.3) is 0 Å². The van der Waals surface area contributed by atoms with Gasteiger partial charge in [-0.25, -0.2) is 4.99 Å². The number of fused-ring (bicyclic) bond motifs is 1. The van der Waals surface area contributed by atoms with Crippen molar-refractivity contribution in [1.29, 1.82) is 0 Å². The van der Waals surface area contributed by atoms with Crippen LogP contribution in [0.4, 0.5) is 5.69 Å². The number of phenolic OH excluding ortho intramolecular Hbond substituents is 1. The average molecular weight is 311 g/mol. The predicted molar refractivity (Wildman–Crippen MR) is 87.3 cm³/mol. The predicted octanol–water partition coefficient (Wildman–Crippen LogP) is 4.18. The summed E-state index contributed by atoms with van der Waals surface area (Å²) in [5, 5.41) is 11.3.